The van der Waals surface area contributed by atoms with Crippen LogP contribution in [-0.2, 0) is 11.2 Å². The summed E-state index contributed by atoms with van der Waals surface area (Å²) in [6, 6.07) is 12.9. The van der Waals surface area contributed by atoms with E-state index < -0.39 is 0 Å². The van der Waals surface area contributed by atoms with E-state index in [4.69, 9.17) is 9.72 Å². The Morgan fingerprint density at radius 1 is 1.07 bits per heavy atom. The molecule has 0 spiro atoms. The SMILES string of the molecule is COCCCc1cncc(-c2cc3ccccc3c(N3CCN(Br)CC3)n2)c1. The average molecular weight is 441 g/mol. The fraction of sp³-hybridized carbons (Fsp3) is 0.364. The Hall–Kier alpha value is -2.02. The highest BCUT2D eigenvalue weighted by Crippen LogP contribution is 2.31. The number of ether oxygens (including phenoxy) is 1. The van der Waals surface area contributed by atoms with E-state index in [9.17, 15) is 0 Å². The molecule has 4 rings (SSSR count). The molecule has 2 aromatic heterocycles. The van der Waals surface area contributed by atoms with E-state index in [0.29, 0.717) is 0 Å². The molecule has 5 nitrogen and oxygen atoms in total. The Labute approximate surface area is 174 Å². The zero-order chi connectivity index (χ0) is 19.3. The quantitative estimate of drug-likeness (QED) is 0.421. The maximum absolute atomic E-state index is 5.17. The van der Waals surface area contributed by atoms with Gasteiger partial charge in [0.2, 0.25) is 0 Å². The van der Waals surface area contributed by atoms with Crippen LogP contribution in [0.3, 0.4) is 0 Å². The summed E-state index contributed by atoms with van der Waals surface area (Å²) in [6.07, 6.45) is 5.81. The Balaban J connectivity index is 1.71. The molecule has 0 N–H and O–H groups in total. The summed E-state index contributed by atoms with van der Waals surface area (Å²) in [7, 11) is 1.74. The van der Waals surface area contributed by atoms with E-state index >= 15 is 0 Å². The minimum absolute atomic E-state index is 0.766. The molecule has 6 heteroatoms. The van der Waals surface area contributed by atoms with Gasteiger partial charge in [-0.1, -0.05) is 24.3 Å². The van der Waals surface area contributed by atoms with Crippen molar-refractivity contribution in [2.24, 2.45) is 0 Å². The van der Waals surface area contributed by atoms with Crippen molar-refractivity contribution >= 4 is 32.7 Å². The number of piperazine rings is 1. The molecular formula is C22H25BrN4O. The summed E-state index contributed by atoms with van der Waals surface area (Å²) in [5.74, 6) is 1.07. The average Bonchev–Trinajstić information content (AvgIpc) is 2.74. The number of nitrogens with zero attached hydrogens (tertiary/aromatic N) is 4. The molecule has 3 heterocycles. The number of aryl methyl sites for hydroxylation is 1. The van der Waals surface area contributed by atoms with Crippen molar-refractivity contribution in [3.63, 3.8) is 0 Å². The Bertz CT molecular complexity index is 941. The lowest BCUT2D eigenvalue weighted by atomic mass is 10.0. The van der Waals surface area contributed by atoms with E-state index in [-0.39, 0.29) is 0 Å². The first-order valence-electron chi connectivity index (χ1n) is 9.73. The maximum atomic E-state index is 5.17. The number of pyridine rings is 2. The molecule has 0 amide bonds. The van der Waals surface area contributed by atoms with Crippen LogP contribution in [-0.4, -0.2) is 53.8 Å². The first kappa shape index (κ1) is 19.3. The van der Waals surface area contributed by atoms with Crippen molar-refractivity contribution < 1.29 is 4.74 Å². The third-order valence-electron chi connectivity index (χ3n) is 5.15. The van der Waals surface area contributed by atoms with Gasteiger partial charge in [0.15, 0.2) is 0 Å². The molecule has 0 atom stereocenters. The van der Waals surface area contributed by atoms with Crippen molar-refractivity contribution in [3.05, 3.63) is 54.4 Å². The third kappa shape index (κ3) is 4.35. The predicted molar refractivity (Wildman–Crippen MR) is 118 cm³/mol. The molecule has 28 heavy (non-hydrogen) atoms. The van der Waals surface area contributed by atoms with Crippen LogP contribution in [0.25, 0.3) is 22.0 Å². The number of rotatable bonds is 6. The van der Waals surface area contributed by atoms with Crippen LogP contribution in [0.4, 0.5) is 5.82 Å². The number of halogens is 1. The van der Waals surface area contributed by atoms with E-state index in [1.54, 1.807) is 7.11 Å². The van der Waals surface area contributed by atoms with Gasteiger partial charge in [-0.3, -0.25) is 4.98 Å². The van der Waals surface area contributed by atoms with Crippen molar-refractivity contribution in [1.29, 1.82) is 0 Å². The minimum Gasteiger partial charge on any atom is -0.385 e. The first-order chi connectivity index (χ1) is 13.7. The molecule has 1 aromatic carbocycles. The normalized spacial score (nSPS) is 15.3. The number of fused-ring (bicyclic) bond motifs is 1. The molecule has 146 valence electrons. The second kappa shape index (κ2) is 8.99. The van der Waals surface area contributed by atoms with Crippen molar-refractivity contribution in [2.45, 2.75) is 12.8 Å². The number of hydrogen-bond donors (Lipinski definition) is 0. The highest BCUT2D eigenvalue weighted by Gasteiger charge is 2.19. The van der Waals surface area contributed by atoms with Gasteiger partial charge in [0.05, 0.1) is 5.69 Å². The summed E-state index contributed by atoms with van der Waals surface area (Å²) < 4.78 is 7.36. The van der Waals surface area contributed by atoms with Gasteiger partial charge in [0, 0.05) is 79.4 Å². The van der Waals surface area contributed by atoms with Crippen LogP contribution < -0.4 is 4.90 Å². The Morgan fingerprint density at radius 2 is 1.89 bits per heavy atom. The molecule has 3 aromatic rings. The second-order valence-corrected chi connectivity index (χ2v) is 8.13. The third-order valence-corrected chi connectivity index (χ3v) is 5.86. The highest BCUT2D eigenvalue weighted by atomic mass is 79.9. The van der Waals surface area contributed by atoms with Gasteiger partial charge < -0.3 is 9.64 Å². The molecule has 1 fully saturated rings. The number of benzene rings is 1. The molecule has 0 aliphatic carbocycles. The maximum Gasteiger partial charge on any atom is 0.137 e. The first-order valence-corrected chi connectivity index (χ1v) is 10.4. The van der Waals surface area contributed by atoms with Crippen LogP contribution in [0.15, 0.2) is 48.8 Å². The lowest BCUT2D eigenvalue weighted by Gasteiger charge is -2.33. The van der Waals surface area contributed by atoms with Crippen LogP contribution in [0.2, 0.25) is 0 Å². The van der Waals surface area contributed by atoms with Crippen LogP contribution in [0, 0.1) is 0 Å². The predicted octanol–water partition coefficient (Wildman–Crippen LogP) is 4.31. The molecule has 0 saturated carbocycles. The summed E-state index contributed by atoms with van der Waals surface area (Å²) >= 11 is 3.59. The van der Waals surface area contributed by atoms with E-state index in [0.717, 1.165) is 62.7 Å². The summed E-state index contributed by atoms with van der Waals surface area (Å²) in [6.45, 7) is 4.65. The van der Waals surface area contributed by atoms with E-state index in [1.165, 1.54) is 16.3 Å². The van der Waals surface area contributed by atoms with Gasteiger partial charge in [-0.25, -0.2) is 8.91 Å². The molecular weight excluding hydrogens is 416 g/mol. The van der Waals surface area contributed by atoms with Gasteiger partial charge in [-0.15, -0.1) is 0 Å². The van der Waals surface area contributed by atoms with Gasteiger partial charge in [-0.05, 0) is 35.9 Å². The van der Waals surface area contributed by atoms with Gasteiger partial charge >= 0.3 is 0 Å². The highest BCUT2D eigenvalue weighted by molar-refractivity contribution is 9.07. The lowest BCUT2D eigenvalue weighted by Crippen LogP contribution is -2.42. The Kier molecular flexibility index (Phi) is 6.20. The lowest BCUT2D eigenvalue weighted by molar-refractivity contribution is 0.195. The monoisotopic (exact) mass is 440 g/mol. The topological polar surface area (TPSA) is 41.5 Å². The van der Waals surface area contributed by atoms with Gasteiger partial charge in [0.1, 0.15) is 5.82 Å². The van der Waals surface area contributed by atoms with Crippen molar-refractivity contribution in [3.8, 4) is 11.3 Å². The molecule has 1 aliphatic heterocycles. The Morgan fingerprint density at radius 3 is 2.71 bits per heavy atom. The summed E-state index contributed by atoms with van der Waals surface area (Å²) in [4.78, 5) is 11.9. The van der Waals surface area contributed by atoms with Crippen LogP contribution >= 0.6 is 16.1 Å². The zero-order valence-corrected chi connectivity index (χ0v) is 17.7. The molecule has 0 radical (unpaired) electrons. The van der Waals surface area contributed by atoms with Crippen molar-refractivity contribution in [1.82, 2.24) is 13.9 Å². The summed E-state index contributed by atoms with van der Waals surface area (Å²) in [5, 5.41) is 2.42. The van der Waals surface area contributed by atoms with Gasteiger partial charge in [-0.2, -0.15) is 0 Å². The van der Waals surface area contributed by atoms with Gasteiger partial charge in [0.25, 0.3) is 0 Å². The smallest absolute Gasteiger partial charge is 0.137 e. The largest absolute Gasteiger partial charge is 0.385 e. The van der Waals surface area contributed by atoms with Crippen LogP contribution in [0.5, 0.6) is 0 Å². The molecule has 1 saturated heterocycles. The zero-order valence-electron chi connectivity index (χ0n) is 16.1. The molecule has 0 unspecified atom stereocenters. The number of aromatic nitrogens is 2. The molecule has 1 aliphatic rings. The fourth-order valence-corrected chi connectivity index (χ4v) is 3.97. The van der Waals surface area contributed by atoms with E-state index in [2.05, 4.69) is 66.4 Å². The van der Waals surface area contributed by atoms with Crippen LogP contribution in [0.1, 0.15) is 12.0 Å². The number of hydrogen-bond acceptors (Lipinski definition) is 5. The second-order valence-electron chi connectivity index (χ2n) is 7.13. The van der Waals surface area contributed by atoms with Crippen molar-refractivity contribution in [2.75, 3.05) is 44.8 Å². The number of anilines is 1. The fourth-order valence-electron chi connectivity index (χ4n) is 3.65. The summed E-state index contributed by atoms with van der Waals surface area (Å²) in [5.41, 5.74) is 3.27. The number of methoxy groups -OCH3 is 1. The standard InChI is InChI=1S/C22H25BrN4O/c1-28-12-4-5-17-13-19(16-24-15-17)21-14-18-6-2-3-7-20(18)22(25-21)26-8-10-27(23)11-9-26/h2-3,6-7,13-16H,4-5,8-12H2,1H3. The minimum atomic E-state index is 0.766. The molecule has 0 bridgehead atoms. The van der Waals surface area contributed by atoms with E-state index in [1.807, 2.05) is 12.4 Å².